The maximum Gasteiger partial charge on any atom is 0.391 e. The fraction of sp³-hybridized carbons (Fsp3) is 0.722. The Morgan fingerprint density at radius 2 is 1.85 bits per heavy atom. The van der Waals surface area contributed by atoms with Gasteiger partial charge in [0, 0.05) is 19.0 Å². The molecule has 6 nitrogen and oxygen atoms in total. The van der Waals surface area contributed by atoms with E-state index in [1.807, 2.05) is 0 Å². The lowest BCUT2D eigenvalue weighted by Crippen LogP contribution is -2.44. The molecule has 1 N–H and O–H groups in total. The Balaban J connectivity index is 1.59. The second kappa shape index (κ2) is 7.52. The minimum atomic E-state index is -4.23. The smallest absolute Gasteiger partial charge is 0.391 e. The number of hydrogen-bond donors (Lipinski definition) is 1. The third kappa shape index (κ3) is 4.11. The number of carbonyl (C=O) groups is 2. The number of hydrogen-bond acceptors (Lipinski definition) is 3. The van der Waals surface area contributed by atoms with Crippen LogP contribution < -0.4 is 0 Å². The molecule has 2 atom stereocenters. The fourth-order valence-corrected chi connectivity index (χ4v) is 4.30. The number of halogens is 3. The topological polar surface area (TPSA) is 75.4 Å². The average Bonchev–Trinajstić information content (AvgIpc) is 3.02. The monoisotopic (exact) mass is 387 g/mol. The number of alkyl halides is 3. The number of aromatic carboxylic acids is 1. The van der Waals surface area contributed by atoms with Crippen molar-refractivity contribution in [3.8, 4) is 0 Å². The van der Waals surface area contributed by atoms with E-state index in [4.69, 9.17) is 5.11 Å². The summed E-state index contributed by atoms with van der Waals surface area (Å²) in [6.45, 7) is 2.62. The van der Waals surface area contributed by atoms with Crippen molar-refractivity contribution in [1.29, 1.82) is 0 Å². The molecular formula is C18H24F3N3O3. The number of aromatic nitrogens is 2. The van der Waals surface area contributed by atoms with E-state index in [1.54, 1.807) is 16.5 Å². The van der Waals surface area contributed by atoms with Gasteiger partial charge in [-0.2, -0.15) is 18.3 Å². The van der Waals surface area contributed by atoms with Gasteiger partial charge in [0.15, 0.2) is 0 Å². The maximum atomic E-state index is 13.0. The van der Waals surface area contributed by atoms with E-state index in [2.05, 4.69) is 5.10 Å². The molecule has 1 saturated carbocycles. The predicted molar refractivity (Wildman–Crippen MR) is 90.3 cm³/mol. The number of nitrogens with zero attached hydrogens (tertiary/aromatic N) is 3. The number of carbonyl (C=O) groups excluding carboxylic acids is 1. The van der Waals surface area contributed by atoms with Gasteiger partial charge in [-0.05, 0) is 39.0 Å². The molecule has 0 bridgehead atoms. The van der Waals surface area contributed by atoms with Crippen LogP contribution in [0.25, 0.3) is 0 Å². The van der Waals surface area contributed by atoms with Gasteiger partial charge in [0.25, 0.3) is 0 Å². The molecule has 1 aliphatic carbocycles. The van der Waals surface area contributed by atoms with Gasteiger partial charge >= 0.3 is 12.1 Å². The van der Waals surface area contributed by atoms with E-state index in [0.29, 0.717) is 44.5 Å². The Morgan fingerprint density at radius 3 is 2.41 bits per heavy atom. The summed E-state index contributed by atoms with van der Waals surface area (Å²) in [5, 5.41) is 13.3. The van der Waals surface area contributed by atoms with Crippen molar-refractivity contribution < 1.29 is 27.9 Å². The Labute approximate surface area is 155 Å². The van der Waals surface area contributed by atoms with Crippen molar-refractivity contribution in [2.45, 2.75) is 57.7 Å². The molecule has 2 unspecified atom stereocenters. The summed E-state index contributed by atoms with van der Waals surface area (Å²) >= 11 is 0. The van der Waals surface area contributed by atoms with E-state index in [9.17, 15) is 22.8 Å². The molecule has 1 aromatic rings. The van der Waals surface area contributed by atoms with Crippen LogP contribution in [0.1, 0.15) is 60.6 Å². The average molecular weight is 387 g/mol. The van der Waals surface area contributed by atoms with Gasteiger partial charge in [-0.3, -0.25) is 9.48 Å². The van der Waals surface area contributed by atoms with Crippen LogP contribution in [0.2, 0.25) is 0 Å². The summed E-state index contributed by atoms with van der Waals surface area (Å²) < 4.78 is 40.6. The first-order chi connectivity index (χ1) is 12.7. The van der Waals surface area contributed by atoms with Crippen LogP contribution in [0.15, 0.2) is 6.20 Å². The Bertz CT molecular complexity index is 708. The molecule has 2 heterocycles. The van der Waals surface area contributed by atoms with Crippen LogP contribution in [0.4, 0.5) is 13.2 Å². The molecule has 2 fully saturated rings. The molecule has 150 valence electrons. The standard InChI is InChI=1S/C18H24F3N3O3/c1-11-15(17(26)27)10-22-24(11)14-5-7-23(8-6-14)16(25)12-3-2-4-13(9-12)18(19,20)21/h10,12-14H,2-9H2,1H3,(H,26,27). The zero-order valence-electron chi connectivity index (χ0n) is 15.2. The zero-order valence-corrected chi connectivity index (χ0v) is 15.2. The Morgan fingerprint density at radius 1 is 1.19 bits per heavy atom. The minimum Gasteiger partial charge on any atom is -0.478 e. The Hall–Kier alpha value is -2.06. The van der Waals surface area contributed by atoms with Crippen molar-refractivity contribution in [2.24, 2.45) is 11.8 Å². The van der Waals surface area contributed by atoms with Crippen LogP contribution >= 0.6 is 0 Å². The second-order valence-corrected chi connectivity index (χ2v) is 7.55. The van der Waals surface area contributed by atoms with Gasteiger partial charge < -0.3 is 10.0 Å². The van der Waals surface area contributed by atoms with E-state index in [-0.39, 0.29) is 30.4 Å². The first kappa shape index (κ1) is 19.7. The van der Waals surface area contributed by atoms with Crippen molar-refractivity contribution >= 4 is 11.9 Å². The molecule has 3 rings (SSSR count). The number of carboxylic acid groups (broad SMARTS) is 1. The maximum absolute atomic E-state index is 13.0. The molecule has 1 aliphatic heterocycles. The molecule has 1 amide bonds. The van der Waals surface area contributed by atoms with E-state index < -0.39 is 24.0 Å². The lowest BCUT2D eigenvalue weighted by Gasteiger charge is -2.37. The molecule has 2 aliphatic rings. The molecule has 0 spiro atoms. The van der Waals surface area contributed by atoms with Crippen molar-refractivity contribution in [3.05, 3.63) is 17.5 Å². The summed E-state index contributed by atoms with van der Waals surface area (Å²) in [4.78, 5) is 25.5. The first-order valence-electron chi connectivity index (χ1n) is 9.31. The highest BCUT2D eigenvalue weighted by Gasteiger charge is 2.44. The quantitative estimate of drug-likeness (QED) is 0.862. The van der Waals surface area contributed by atoms with Crippen LogP contribution in [-0.2, 0) is 4.79 Å². The fourth-order valence-electron chi connectivity index (χ4n) is 4.30. The zero-order chi connectivity index (χ0) is 19.8. The van der Waals surface area contributed by atoms with Crippen LogP contribution in [0.5, 0.6) is 0 Å². The van der Waals surface area contributed by atoms with Crippen LogP contribution in [0.3, 0.4) is 0 Å². The summed E-state index contributed by atoms with van der Waals surface area (Å²) in [6.07, 6.45) is -0.721. The molecule has 27 heavy (non-hydrogen) atoms. The molecule has 0 aromatic carbocycles. The number of amides is 1. The normalized spacial score (nSPS) is 24.8. The molecule has 1 aromatic heterocycles. The first-order valence-corrected chi connectivity index (χ1v) is 9.31. The van der Waals surface area contributed by atoms with Gasteiger partial charge in [-0.15, -0.1) is 0 Å². The highest BCUT2D eigenvalue weighted by Crippen LogP contribution is 2.40. The predicted octanol–water partition coefficient (Wildman–Crippen LogP) is 3.42. The van der Waals surface area contributed by atoms with Crippen LogP contribution in [-0.4, -0.2) is 50.9 Å². The second-order valence-electron chi connectivity index (χ2n) is 7.55. The molecule has 9 heteroatoms. The van der Waals surface area contributed by atoms with E-state index in [1.165, 1.54) is 6.20 Å². The van der Waals surface area contributed by atoms with Crippen molar-refractivity contribution in [2.75, 3.05) is 13.1 Å². The van der Waals surface area contributed by atoms with Gasteiger partial charge in [0.2, 0.25) is 5.91 Å². The number of carboxylic acids is 1. The summed E-state index contributed by atoms with van der Waals surface area (Å²) in [6, 6.07) is -0.00331. The molecule has 0 radical (unpaired) electrons. The number of piperidine rings is 1. The molecular weight excluding hydrogens is 363 g/mol. The van der Waals surface area contributed by atoms with E-state index >= 15 is 0 Å². The van der Waals surface area contributed by atoms with Gasteiger partial charge in [0.1, 0.15) is 5.56 Å². The van der Waals surface area contributed by atoms with Crippen molar-refractivity contribution in [3.63, 3.8) is 0 Å². The van der Waals surface area contributed by atoms with Crippen molar-refractivity contribution in [1.82, 2.24) is 14.7 Å². The minimum absolute atomic E-state index is 0.00331. The summed E-state index contributed by atoms with van der Waals surface area (Å²) in [5.74, 6) is -3.13. The summed E-state index contributed by atoms with van der Waals surface area (Å²) in [5.41, 5.74) is 0.737. The number of rotatable bonds is 3. The number of likely N-dealkylation sites (tertiary alicyclic amines) is 1. The molecule has 1 saturated heterocycles. The van der Waals surface area contributed by atoms with Gasteiger partial charge in [-0.25, -0.2) is 4.79 Å². The lowest BCUT2D eigenvalue weighted by atomic mass is 9.80. The van der Waals surface area contributed by atoms with Gasteiger partial charge in [0.05, 0.1) is 23.9 Å². The lowest BCUT2D eigenvalue weighted by molar-refractivity contribution is -0.187. The largest absolute Gasteiger partial charge is 0.478 e. The highest BCUT2D eigenvalue weighted by molar-refractivity contribution is 5.88. The van der Waals surface area contributed by atoms with Gasteiger partial charge in [-0.1, -0.05) is 6.42 Å². The Kier molecular flexibility index (Phi) is 5.48. The summed E-state index contributed by atoms with van der Waals surface area (Å²) in [7, 11) is 0. The third-order valence-electron chi connectivity index (χ3n) is 5.88. The van der Waals surface area contributed by atoms with Crippen LogP contribution in [0, 0.1) is 18.8 Å². The third-order valence-corrected chi connectivity index (χ3v) is 5.88. The highest BCUT2D eigenvalue weighted by atomic mass is 19.4. The van der Waals surface area contributed by atoms with E-state index in [0.717, 1.165) is 0 Å². The SMILES string of the molecule is Cc1c(C(=O)O)cnn1C1CCN(C(=O)C2CCCC(C(F)(F)F)C2)CC1.